The van der Waals surface area contributed by atoms with Gasteiger partial charge in [-0.15, -0.1) is 0 Å². The fraction of sp³-hybridized carbons (Fsp3) is 0.375. The maximum Gasteiger partial charge on any atom is 0.335 e. The van der Waals surface area contributed by atoms with Crippen molar-refractivity contribution in [2.24, 2.45) is 0 Å². The molecule has 0 bridgehead atoms. The van der Waals surface area contributed by atoms with Crippen molar-refractivity contribution < 1.29 is 9.90 Å². The first-order valence-electron chi connectivity index (χ1n) is 7.33. The molecule has 1 saturated heterocycles. The summed E-state index contributed by atoms with van der Waals surface area (Å²) in [5.74, 6) is -0.909. The molecule has 1 N–H and O–H groups in total. The summed E-state index contributed by atoms with van der Waals surface area (Å²) < 4.78 is 1.80. The van der Waals surface area contributed by atoms with E-state index in [1.54, 1.807) is 28.9 Å². The van der Waals surface area contributed by atoms with Gasteiger partial charge in [0.2, 0.25) is 0 Å². The van der Waals surface area contributed by atoms with Crippen molar-refractivity contribution in [1.29, 1.82) is 0 Å². The Morgan fingerprint density at radius 2 is 1.81 bits per heavy atom. The molecule has 0 radical (unpaired) electrons. The van der Waals surface area contributed by atoms with E-state index in [9.17, 15) is 4.79 Å². The number of nitrogens with zero attached hydrogens (tertiary/aromatic N) is 3. The Kier molecular flexibility index (Phi) is 4.01. The fourth-order valence-corrected chi connectivity index (χ4v) is 2.69. The molecule has 1 aromatic carbocycles. The van der Waals surface area contributed by atoms with Crippen LogP contribution in [0.15, 0.2) is 36.5 Å². The summed E-state index contributed by atoms with van der Waals surface area (Å²) in [4.78, 5) is 13.3. The second-order valence-electron chi connectivity index (χ2n) is 5.44. The minimum absolute atomic E-state index is 0.291. The van der Waals surface area contributed by atoms with Crippen LogP contribution in [0.4, 0.5) is 0 Å². The molecule has 110 valence electrons. The van der Waals surface area contributed by atoms with Crippen LogP contribution < -0.4 is 0 Å². The van der Waals surface area contributed by atoms with Crippen LogP contribution in [-0.2, 0) is 6.54 Å². The van der Waals surface area contributed by atoms with E-state index in [1.807, 2.05) is 12.3 Å². The molecule has 3 rings (SSSR count). The molecule has 2 aromatic rings. The molecule has 0 saturated carbocycles. The van der Waals surface area contributed by atoms with Crippen LogP contribution in [0, 0.1) is 0 Å². The van der Waals surface area contributed by atoms with E-state index >= 15 is 0 Å². The summed E-state index contributed by atoms with van der Waals surface area (Å²) >= 11 is 0. The van der Waals surface area contributed by atoms with Gasteiger partial charge in [0.25, 0.3) is 0 Å². The van der Waals surface area contributed by atoms with Crippen LogP contribution in [0.25, 0.3) is 5.69 Å². The minimum atomic E-state index is -0.909. The number of carbonyl (C=O) groups is 1. The molecule has 0 spiro atoms. The zero-order chi connectivity index (χ0) is 14.7. The summed E-state index contributed by atoms with van der Waals surface area (Å²) in [6, 6.07) is 8.79. The van der Waals surface area contributed by atoms with Crippen LogP contribution in [-0.4, -0.2) is 38.8 Å². The Balaban J connectivity index is 1.70. The van der Waals surface area contributed by atoms with Crippen LogP contribution in [0.1, 0.15) is 35.3 Å². The standard InChI is InChI=1S/C16H19N3O2/c20-16(21)13-4-6-15(7-5-13)19-11-8-14(17-19)12-18-9-2-1-3-10-18/h4-8,11H,1-3,9-10,12H2,(H,20,21). The van der Waals surface area contributed by atoms with Gasteiger partial charge in [-0.05, 0) is 56.3 Å². The monoisotopic (exact) mass is 285 g/mol. The van der Waals surface area contributed by atoms with E-state index < -0.39 is 5.97 Å². The molecule has 5 heteroatoms. The quantitative estimate of drug-likeness (QED) is 0.938. The molecule has 5 nitrogen and oxygen atoms in total. The molecule has 1 aliphatic heterocycles. The van der Waals surface area contributed by atoms with E-state index in [0.29, 0.717) is 5.56 Å². The highest BCUT2D eigenvalue weighted by atomic mass is 16.4. The Bertz CT molecular complexity index is 613. The number of rotatable bonds is 4. The highest BCUT2D eigenvalue weighted by molar-refractivity contribution is 5.87. The molecule has 21 heavy (non-hydrogen) atoms. The van der Waals surface area contributed by atoms with Gasteiger partial charge in [-0.25, -0.2) is 9.48 Å². The van der Waals surface area contributed by atoms with Crippen molar-refractivity contribution >= 4 is 5.97 Å². The van der Waals surface area contributed by atoms with E-state index in [-0.39, 0.29) is 0 Å². The summed E-state index contributed by atoms with van der Waals surface area (Å²) in [6.07, 6.45) is 5.81. The van der Waals surface area contributed by atoms with Crippen molar-refractivity contribution in [2.75, 3.05) is 13.1 Å². The van der Waals surface area contributed by atoms with Crippen molar-refractivity contribution in [3.63, 3.8) is 0 Å². The van der Waals surface area contributed by atoms with Crippen LogP contribution in [0.2, 0.25) is 0 Å². The van der Waals surface area contributed by atoms with Crippen molar-refractivity contribution in [2.45, 2.75) is 25.8 Å². The Morgan fingerprint density at radius 1 is 1.10 bits per heavy atom. The third kappa shape index (κ3) is 3.31. The molecule has 0 amide bonds. The number of aromatic nitrogens is 2. The zero-order valence-electron chi connectivity index (χ0n) is 11.9. The van der Waals surface area contributed by atoms with Gasteiger partial charge in [0.1, 0.15) is 0 Å². The van der Waals surface area contributed by atoms with Crippen molar-refractivity contribution in [3.8, 4) is 5.69 Å². The highest BCUT2D eigenvalue weighted by Gasteiger charge is 2.12. The molecule has 1 fully saturated rings. The normalized spacial score (nSPS) is 16.0. The first-order chi connectivity index (χ1) is 10.2. The number of piperidine rings is 1. The maximum absolute atomic E-state index is 10.8. The Morgan fingerprint density at radius 3 is 2.48 bits per heavy atom. The second kappa shape index (κ2) is 6.10. The van der Waals surface area contributed by atoms with E-state index in [0.717, 1.165) is 31.0 Å². The molecule has 0 unspecified atom stereocenters. The molecular weight excluding hydrogens is 266 g/mol. The highest BCUT2D eigenvalue weighted by Crippen LogP contribution is 2.14. The predicted octanol–water partition coefficient (Wildman–Crippen LogP) is 2.56. The average Bonchev–Trinajstić information content (AvgIpc) is 2.97. The number of likely N-dealkylation sites (tertiary alicyclic amines) is 1. The maximum atomic E-state index is 10.8. The zero-order valence-corrected chi connectivity index (χ0v) is 11.9. The number of carboxylic acid groups (broad SMARTS) is 1. The SMILES string of the molecule is O=C(O)c1ccc(-n2ccc(CN3CCCCC3)n2)cc1. The number of benzene rings is 1. The number of hydrogen-bond donors (Lipinski definition) is 1. The van der Waals surface area contributed by atoms with Gasteiger partial charge in [-0.2, -0.15) is 5.10 Å². The summed E-state index contributed by atoms with van der Waals surface area (Å²) in [7, 11) is 0. The summed E-state index contributed by atoms with van der Waals surface area (Å²) in [5, 5.41) is 13.5. The van der Waals surface area contributed by atoms with Gasteiger partial charge in [0, 0.05) is 12.7 Å². The first-order valence-corrected chi connectivity index (χ1v) is 7.33. The van der Waals surface area contributed by atoms with Gasteiger partial charge >= 0.3 is 5.97 Å². The third-order valence-electron chi connectivity index (χ3n) is 3.86. The Labute approximate surface area is 123 Å². The fourth-order valence-electron chi connectivity index (χ4n) is 2.69. The third-order valence-corrected chi connectivity index (χ3v) is 3.86. The topological polar surface area (TPSA) is 58.4 Å². The summed E-state index contributed by atoms with van der Waals surface area (Å²) in [6.45, 7) is 3.19. The minimum Gasteiger partial charge on any atom is -0.478 e. The lowest BCUT2D eigenvalue weighted by atomic mass is 10.1. The molecule has 1 aromatic heterocycles. The number of hydrogen-bond acceptors (Lipinski definition) is 3. The number of carboxylic acids is 1. The van der Waals surface area contributed by atoms with Crippen molar-refractivity contribution in [1.82, 2.24) is 14.7 Å². The molecule has 1 aliphatic rings. The first kappa shape index (κ1) is 13.8. The molecule has 0 aliphatic carbocycles. The molecule has 2 heterocycles. The Hall–Kier alpha value is -2.14. The molecular formula is C16H19N3O2. The van der Waals surface area contributed by atoms with E-state index in [1.165, 1.54) is 19.3 Å². The lowest BCUT2D eigenvalue weighted by molar-refractivity contribution is 0.0697. The molecule has 0 atom stereocenters. The largest absolute Gasteiger partial charge is 0.478 e. The second-order valence-corrected chi connectivity index (χ2v) is 5.44. The van der Waals surface area contributed by atoms with Gasteiger partial charge in [0.05, 0.1) is 16.9 Å². The van der Waals surface area contributed by atoms with E-state index in [4.69, 9.17) is 5.11 Å². The van der Waals surface area contributed by atoms with Gasteiger partial charge in [0.15, 0.2) is 0 Å². The summed E-state index contributed by atoms with van der Waals surface area (Å²) in [5.41, 5.74) is 2.23. The lowest BCUT2D eigenvalue weighted by Gasteiger charge is -2.25. The van der Waals surface area contributed by atoms with E-state index in [2.05, 4.69) is 10.00 Å². The van der Waals surface area contributed by atoms with Gasteiger partial charge < -0.3 is 5.11 Å². The van der Waals surface area contributed by atoms with Gasteiger partial charge in [-0.3, -0.25) is 4.90 Å². The lowest BCUT2D eigenvalue weighted by Crippen LogP contribution is -2.29. The van der Waals surface area contributed by atoms with Gasteiger partial charge in [-0.1, -0.05) is 6.42 Å². The van der Waals surface area contributed by atoms with Crippen LogP contribution in [0.5, 0.6) is 0 Å². The van der Waals surface area contributed by atoms with Crippen LogP contribution >= 0.6 is 0 Å². The number of aromatic carboxylic acids is 1. The smallest absolute Gasteiger partial charge is 0.335 e. The van der Waals surface area contributed by atoms with Crippen LogP contribution in [0.3, 0.4) is 0 Å². The van der Waals surface area contributed by atoms with Crippen molar-refractivity contribution in [3.05, 3.63) is 47.8 Å². The predicted molar refractivity (Wildman–Crippen MR) is 79.7 cm³/mol. The average molecular weight is 285 g/mol.